The van der Waals surface area contributed by atoms with Crippen LogP contribution in [0.4, 0.5) is 4.79 Å². The predicted molar refractivity (Wildman–Crippen MR) is 112 cm³/mol. The molecular weight excluding hydrogens is 394 g/mol. The minimum absolute atomic E-state index is 0.302. The molecule has 7 heteroatoms. The maximum Gasteiger partial charge on any atom is 0.341 e. The number of carbonyl (C=O) groups excluding carboxylic acids is 1. The Labute approximate surface area is 172 Å². The van der Waals surface area contributed by atoms with Gasteiger partial charge in [-0.15, -0.1) is 11.3 Å². The van der Waals surface area contributed by atoms with E-state index in [4.69, 9.17) is 21.8 Å². The maximum atomic E-state index is 11.6. The van der Waals surface area contributed by atoms with Gasteiger partial charge in [-0.05, 0) is 30.5 Å². The maximum absolute atomic E-state index is 11.6. The van der Waals surface area contributed by atoms with Crippen LogP contribution in [0.5, 0.6) is 0 Å². The lowest BCUT2D eigenvalue weighted by Crippen LogP contribution is -2.42. The quantitative estimate of drug-likeness (QED) is 0.445. The van der Waals surface area contributed by atoms with Crippen molar-refractivity contribution in [2.45, 2.75) is 18.8 Å². The third kappa shape index (κ3) is 3.90. The second-order valence-electron chi connectivity index (χ2n) is 6.78. The van der Waals surface area contributed by atoms with Gasteiger partial charge in [0.15, 0.2) is 0 Å². The zero-order valence-electron chi connectivity index (χ0n) is 15.1. The van der Waals surface area contributed by atoms with E-state index in [-0.39, 0.29) is 0 Å². The number of aromatic nitrogens is 1. The first-order chi connectivity index (χ1) is 13.7. The van der Waals surface area contributed by atoms with Crippen molar-refractivity contribution in [1.82, 2.24) is 15.4 Å². The van der Waals surface area contributed by atoms with Crippen molar-refractivity contribution >= 4 is 29.0 Å². The molecule has 1 aromatic heterocycles. The fourth-order valence-corrected chi connectivity index (χ4v) is 4.89. The van der Waals surface area contributed by atoms with Gasteiger partial charge < -0.3 is 4.90 Å². The molecule has 0 atom stereocenters. The standard InChI is InChI=1S/C21H20ClN3O2S/c22-17-8-6-14(7-9-17)18-19(15-4-2-1-3-5-15)28-20(23-18)16-10-12-25(13-11-16)21(26)24-27/h1-9,16,27H,10-13H2,(H,24,26). The molecule has 0 radical (unpaired) electrons. The fraction of sp³-hybridized carbons (Fsp3) is 0.238. The van der Waals surface area contributed by atoms with Crippen LogP contribution in [0.2, 0.25) is 5.02 Å². The summed E-state index contributed by atoms with van der Waals surface area (Å²) in [4.78, 5) is 19.4. The average molecular weight is 414 g/mol. The molecule has 5 nitrogen and oxygen atoms in total. The van der Waals surface area contributed by atoms with Crippen molar-refractivity contribution in [2.75, 3.05) is 13.1 Å². The number of hydrogen-bond acceptors (Lipinski definition) is 4. The molecule has 0 unspecified atom stereocenters. The molecule has 4 rings (SSSR count). The lowest BCUT2D eigenvalue weighted by atomic mass is 9.97. The molecule has 2 aromatic carbocycles. The first-order valence-electron chi connectivity index (χ1n) is 9.17. The minimum Gasteiger partial charge on any atom is -0.323 e. The van der Waals surface area contributed by atoms with Gasteiger partial charge in [0.2, 0.25) is 0 Å². The smallest absolute Gasteiger partial charge is 0.323 e. The van der Waals surface area contributed by atoms with Gasteiger partial charge in [0, 0.05) is 29.6 Å². The summed E-state index contributed by atoms with van der Waals surface area (Å²) in [6.07, 6.45) is 1.66. The molecule has 1 fully saturated rings. The number of rotatable bonds is 3. The molecule has 2 heterocycles. The summed E-state index contributed by atoms with van der Waals surface area (Å²) in [6, 6.07) is 17.6. The topological polar surface area (TPSA) is 65.5 Å². The monoisotopic (exact) mass is 413 g/mol. The van der Waals surface area contributed by atoms with E-state index >= 15 is 0 Å². The van der Waals surface area contributed by atoms with Gasteiger partial charge in [-0.25, -0.2) is 15.3 Å². The summed E-state index contributed by atoms with van der Waals surface area (Å²) in [5.41, 5.74) is 4.87. The third-order valence-electron chi connectivity index (χ3n) is 5.02. The first-order valence-corrected chi connectivity index (χ1v) is 10.4. The number of carbonyl (C=O) groups is 1. The highest BCUT2D eigenvalue weighted by Gasteiger charge is 2.27. The van der Waals surface area contributed by atoms with E-state index in [2.05, 4.69) is 12.1 Å². The van der Waals surface area contributed by atoms with Crippen molar-refractivity contribution in [3.63, 3.8) is 0 Å². The van der Waals surface area contributed by atoms with Gasteiger partial charge in [-0.3, -0.25) is 5.21 Å². The SMILES string of the molecule is O=C(NO)N1CCC(c2nc(-c3ccc(Cl)cc3)c(-c3ccccc3)s2)CC1. The molecule has 1 aliphatic rings. The number of likely N-dealkylation sites (tertiary alicyclic amines) is 1. The molecule has 0 saturated carbocycles. The number of benzene rings is 2. The van der Waals surface area contributed by atoms with Crippen LogP contribution >= 0.6 is 22.9 Å². The van der Waals surface area contributed by atoms with Crippen LogP contribution in [-0.2, 0) is 0 Å². The van der Waals surface area contributed by atoms with Crippen LogP contribution in [0.15, 0.2) is 54.6 Å². The molecular formula is C21H20ClN3O2S. The minimum atomic E-state index is -0.440. The highest BCUT2D eigenvalue weighted by Crippen LogP contribution is 2.41. The number of halogens is 1. The van der Waals surface area contributed by atoms with Gasteiger partial charge in [0.05, 0.1) is 15.6 Å². The molecule has 1 saturated heterocycles. The van der Waals surface area contributed by atoms with Gasteiger partial charge in [-0.1, -0.05) is 54.1 Å². The number of thiazole rings is 1. The van der Waals surface area contributed by atoms with E-state index in [0.29, 0.717) is 24.0 Å². The number of nitrogens with zero attached hydrogens (tertiary/aromatic N) is 2. The van der Waals surface area contributed by atoms with Crippen LogP contribution in [0, 0.1) is 0 Å². The van der Waals surface area contributed by atoms with E-state index in [0.717, 1.165) is 39.5 Å². The van der Waals surface area contributed by atoms with Crippen LogP contribution in [-0.4, -0.2) is 34.2 Å². The van der Waals surface area contributed by atoms with Crippen molar-refractivity contribution in [3.05, 3.63) is 64.6 Å². The lowest BCUT2D eigenvalue weighted by molar-refractivity contribution is 0.120. The summed E-state index contributed by atoms with van der Waals surface area (Å²) in [7, 11) is 0. The summed E-state index contributed by atoms with van der Waals surface area (Å²) in [5.74, 6) is 0.302. The van der Waals surface area contributed by atoms with Crippen LogP contribution < -0.4 is 5.48 Å². The van der Waals surface area contributed by atoms with E-state index in [1.807, 2.05) is 42.5 Å². The molecule has 2 N–H and O–H groups in total. The largest absolute Gasteiger partial charge is 0.341 e. The summed E-state index contributed by atoms with van der Waals surface area (Å²) >= 11 is 7.78. The van der Waals surface area contributed by atoms with Crippen LogP contribution in [0.25, 0.3) is 21.7 Å². The molecule has 0 aliphatic carbocycles. The average Bonchev–Trinajstić information content (AvgIpc) is 3.20. The Bertz CT molecular complexity index is 952. The van der Waals surface area contributed by atoms with E-state index in [1.165, 1.54) is 0 Å². The molecule has 0 spiro atoms. The highest BCUT2D eigenvalue weighted by atomic mass is 35.5. The fourth-order valence-electron chi connectivity index (χ4n) is 3.50. The molecule has 2 amide bonds. The lowest BCUT2D eigenvalue weighted by Gasteiger charge is -2.30. The highest BCUT2D eigenvalue weighted by molar-refractivity contribution is 7.15. The summed E-state index contributed by atoms with van der Waals surface area (Å²) < 4.78 is 0. The van der Waals surface area contributed by atoms with Gasteiger partial charge in [0.25, 0.3) is 0 Å². The number of urea groups is 1. The molecule has 28 heavy (non-hydrogen) atoms. The van der Waals surface area contributed by atoms with Crippen LogP contribution in [0.3, 0.4) is 0 Å². The number of hydroxylamine groups is 1. The zero-order valence-corrected chi connectivity index (χ0v) is 16.7. The zero-order chi connectivity index (χ0) is 19.5. The Kier molecular flexibility index (Phi) is 5.62. The van der Waals surface area contributed by atoms with Crippen LogP contribution in [0.1, 0.15) is 23.8 Å². The van der Waals surface area contributed by atoms with Crippen molar-refractivity contribution in [1.29, 1.82) is 0 Å². The molecule has 0 bridgehead atoms. The van der Waals surface area contributed by atoms with Gasteiger partial charge in [0.1, 0.15) is 0 Å². The Morgan fingerprint density at radius 1 is 1.07 bits per heavy atom. The van der Waals surface area contributed by atoms with E-state index in [9.17, 15) is 4.79 Å². The Morgan fingerprint density at radius 2 is 1.75 bits per heavy atom. The Hall–Kier alpha value is -2.41. The normalized spacial score (nSPS) is 14.9. The Morgan fingerprint density at radius 3 is 2.39 bits per heavy atom. The molecule has 144 valence electrons. The predicted octanol–water partition coefficient (Wildman–Crippen LogP) is 5.41. The molecule has 1 aliphatic heterocycles. The van der Waals surface area contributed by atoms with E-state index < -0.39 is 6.03 Å². The van der Waals surface area contributed by atoms with Crippen molar-refractivity contribution in [3.8, 4) is 21.7 Å². The second kappa shape index (κ2) is 8.31. The number of nitrogens with one attached hydrogen (secondary N) is 1. The molecule has 3 aromatic rings. The number of hydrogen-bond donors (Lipinski definition) is 2. The third-order valence-corrected chi connectivity index (χ3v) is 6.54. The van der Waals surface area contributed by atoms with Gasteiger partial charge in [-0.2, -0.15) is 0 Å². The summed E-state index contributed by atoms with van der Waals surface area (Å²) in [5, 5.41) is 10.6. The van der Waals surface area contributed by atoms with Crippen molar-refractivity contribution < 1.29 is 10.0 Å². The first kappa shape index (κ1) is 18.9. The summed E-state index contributed by atoms with van der Waals surface area (Å²) in [6.45, 7) is 1.21. The van der Waals surface area contributed by atoms with E-state index in [1.54, 1.807) is 21.7 Å². The number of amides is 2. The van der Waals surface area contributed by atoms with Crippen molar-refractivity contribution in [2.24, 2.45) is 0 Å². The van der Waals surface area contributed by atoms with Gasteiger partial charge >= 0.3 is 6.03 Å². The number of piperidine rings is 1. The second-order valence-corrected chi connectivity index (χ2v) is 8.25. The Balaban J connectivity index is 1.66.